The van der Waals surface area contributed by atoms with E-state index in [1.807, 2.05) is 0 Å². The molecule has 0 aromatic heterocycles. The van der Waals surface area contributed by atoms with Gasteiger partial charge in [0.25, 0.3) is 0 Å². The molecule has 1 fully saturated rings. The molecule has 1 atom stereocenters. The first-order chi connectivity index (χ1) is 6.84. The Morgan fingerprint density at radius 1 is 1.43 bits per heavy atom. The topological polar surface area (TPSA) is 15.3 Å². The third-order valence-electron chi connectivity index (χ3n) is 3.37. The summed E-state index contributed by atoms with van der Waals surface area (Å²) in [6.45, 7) is 4.51. The molecule has 2 heterocycles. The number of aryl methyl sites for hydroxylation is 1. The molecule has 0 amide bonds. The van der Waals surface area contributed by atoms with Gasteiger partial charge in [-0.15, -0.1) is 0 Å². The van der Waals surface area contributed by atoms with Gasteiger partial charge in [0.15, 0.2) is 0 Å². The van der Waals surface area contributed by atoms with Crippen LogP contribution in [0.3, 0.4) is 0 Å². The van der Waals surface area contributed by atoms with Gasteiger partial charge in [-0.2, -0.15) is 0 Å². The Morgan fingerprint density at radius 3 is 3.29 bits per heavy atom. The van der Waals surface area contributed by atoms with Crippen LogP contribution in [-0.4, -0.2) is 19.1 Å². The number of hydrogen-bond acceptors (Lipinski definition) is 2. The molecule has 1 N–H and O–H groups in total. The normalized spacial score (nSPS) is 24.1. The number of rotatable bonds is 0. The predicted molar refractivity (Wildman–Crippen MR) is 60.0 cm³/mol. The van der Waals surface area contributed by atoms with Crippen molar-refractivity contribution in [3.63, 3.8) is 0 Å². The van der Waals surface area contributed by atoms with Crippen molar-refractivity contribution in [1.29, 1.82) is 0 Å². The van der Waals surface area contributed by atoms with Crippen molar-refractivity contribution >= 4 is 11.4 Å². The first-order valence-electron chi connectivity index (χ1n) is 5.46. The van der Waals surface area contributed by atoms with Gasteiger partial charge in [-0.1, -0.05) is 6.07 Å². The van der Waals surface area contributed by atoms with Crippen molar-refractivity contribution in [2.75, 3.05) is 23.3 Å². The average Bonchev–Trinajstić information content (AvgIpc) is 2.65. The summed E-state index contributed by atoms with van der Waals surface area (Å²) in [6, 6.07) is 7.46. The number of anilines is 2. The second-order valence-corrected chi connectivity index (χ2v) is 4.39. The van der Waals surface area contributed by atoms with Gasteiger partial charge in [-0.25, -0.2) is 0 Å². The van der Waals surface area contributed by atoms with E-state index in [1.54, 1.807) is 0 Å². The molecule has 14 heavy (non-hydrogen) atoms. The van der Waals surface area contributed by atoms with E-state index in [0.29, 0.717) is 0 Å². The summed E-state index contributed by atoms with van der Waals surface area (Å²) < 4.78 is 0. The van der Waals surface area contributed by atoms with E-state index in [4.69, 9.17) is 0 Å². The van der Waals surface area contributed by atoms with E-state index in [0.717, 1.165) is 12.6 Å². The largest absolute Gasteiger partial charge is 0.381 e. The van der Waals surface area contributed by atoms with Crippen molar-refractivity contribution in [1.82, 2.24) is 0 Å². The van der Waals surface area contributed by atoms with Gasteiger partial charge in [0.2, 0.25) is 0 Å². The first-order valence-corrected chi connectivity index (χ1v) is 5.46. The quantitative estimate of drug-likeness (QED) is 0.672. The molecule has 1 aromatic rings. The maximum Gasteiger partial charge on any atom is 0.0605 e. The molecule has 0 spiro atoms. The van der Waals surface area contributed by atoms with Crippen LogP contribution in [-0.2, 0) is 0 Å². The van der Waals surface area contributed by atoms with Crippen molar-refractivity contribution in [3.8, 4) is 0 Å². The summed E-state index contributed by atoms with van der Waals surface area (Å²) in [5.41, 5.74) is 4.07. The van der Waals surface area contributed by atoms with Crippen LogP contribution in [0.25, 0.3) is 0 Å². The summed E-state index contributed by atoms with van der Waals surface area (Å²) in [4.78, 5) is 2.56. The molecule has 0 bridgehead atoms. The Hall–Kier alpha value is -1.18. The zero-order valence-corrected chi connectivity index (χ0v) is 8.59. The summed E-state index contributed by atoms with van der Waals surface area (Å²) in [6.07, 6.45) is 2.69. The van der Waals surface area contributed by atoms with E-state index in [-0.39, 0.29) is 0 Å². The highest BCUT2D eigenvalue weighted by molar-refractivity contribution is 5.74. The lowest BCUT2D eigenvalue weighted by atomic mass is 10.1. The van der Waals surface area contributed by atoms with Crippen LogP contribution >= 0.6 is 0 Å². The van der Waals surface area contributed by atoms with Crippen molar-refractivity contribution < 1.29 is 0 Å². The minimum absolute atomic E-state index is 0.741. The fourth-order valence-electron chi connectivity index (χ4n) is 2.63. The second kappa shape index (κ2) is 2.91. The smallest absolute Gasteiger partial charge is 0.0605 e. The maximum atomic E-state index is 3.53. The summed E-state index contributed by atoms with van der Waals surface area (Å²) >= 11 is 0. The Morgan fingerprint density at radius 2 is 2.36 bits per heavy atom. The Balaban J connectivity index is 2.05. The van der Waals surface area contributed by atoms with Crippen LogP contribution in [0.1, 0.15) is 18.4 Å². The van der Waals surface area contributed by atoms with E-state index in [9.17, 15) is 0 Å². The summed E-state index contributed by atoms with van der Waals surface area (Å²) in [7, 11) is 0. The van der Waals surface area contributed by atoms with Gasteiger partial charge < -0.3 is 10.2 Å². The van der Waals surface area contributed by atoms with E-state index in [2.05, 4.69) is 35.3 Å². The monoisotopic (exact) mass is 188 g/mol. The molecule has 0 radical (unpaired) electrons. The van der Waals surface area contributed by atoms with Crippen LogP contribution in [0.2, 0.25) is 0 Å². The van der Waals surface area contributed by atoms with Crippen LogP contribution in [0, 0.1) is 6.92 Å². The van der Waals surface area contributed by atoms with Gasteiger partial charge in [-0.3, -0.25) is 0 Å². The van der Waals surface area contributed by atoms with Gasteiger partial charge in [0, 0.05) is 19.1 Å². The maximum absolute atomic E-state index is 3.53. The molecular formula is C12H16N2. The molecule has 1 saturated heterocycles. The highest BCUT2D eigenvalue weighted by atomic mass is 15.2. The predicted octanol–water partition coefficient (Wildman–Crippen LogP) is 2.39. The zero-order chi connectivity index (χ0) is 9.54. The summed E-state index contributed by atoms with van der Waals surface area (Å²) in [5, 5.41) is 3.53. The van der Waals surface area contributed by atoms with Gasteiger partial charge in [0.05, 0.1) is 11.4 Å². The molecule has 0 saturated carbocycles. The van der Waals surface area contributed by atoms with Crippen molar-refractivity contribution in [3.05, 3.63) is 23.8 Å². The molecule has 74 valence electrons. The molecular weight excluding hydrogens is 172 g/mol. The molecule has 1 aromatic carbocycles. The highest BCUT2D eigenvalue weighted by Crippen LogP contribution is 2.36. The number of nitrogens with zero attached hydrogens (tertiary/aromatic N) is 1. The fourth-order valence-corrected chi connectivity index (χ4v) is 2.63. The zero-order valence-electron chi connectivity index (χ0n) is 8.59. The molecule has 2 aliphatic heterocycles. The third kappa shape index (κ3) is 1.10. The Kier molecular flexibility index (Phi) is 1.69. The number of hydrogen-bond donors (Lipinski definition) is 1. The van der Waals surface area contributed by atoms with Crippen LogP contribution < -0.4 is 10.2 Å². The molecule has 3 rings (SSSR count). The lowest BCUT2D eigenvalue weighted by molar-refractivity contribution is 0.683. The lowest BCUT2D eigenvalue weighted by Crippen LogP contribution is -2.39. The second-order valence-electron chi connectivity index (χ2n) is 4.39. The average molecular weight is 188 g/mol. The number of benzene rings is 1. The van der Waals surface area contributed by atoms with Crippen LogP contribution in [0.4, 0.5) is 11.4 Å². The molecule has 2 aliphatic rings. The van der Waals surface area contributed by atoms with Gasteiger partial charge in [-0.05, 0) is 37.5 Å². The standard InChI is InChI=1S/C12H16N2/c1-9-4-5-12-11(7-9)13-8-10-3-2-6-14(10)12/h4-5,7,10,13H,2-3,6,8H2,1H3. The van der Waals surface area contributed by atoms with Crippen LogP contribution in [0.15, 0.2) is 18.2 Å². The van der Waals surface area contributed by atoms with Gasteiger partial charge in [0.1, 0.15) is 0 Å². The fraction of sp³-hybridized carbons (Fsp3) is 0.500. The first kappa shape index (κ1) is 8.16. The Bertz CT molecular complexity index is 359. The van der Waals surface area contributed by atoms with E-state index >= 15 is 0 Å². The molecule has 2 nitrogen and oxygen atoms in total. The molecule has 1 unspecified atom stereocenters. The van der Waals surface area contributed by atoms with E-state index < -0.39 is 0 Å². The van der Waals surface area contributed by atoms with Gasteiger partial charge >= 0.3 is 0 Å². The Labute approximate surface area is 84.9 Å². The number of fused-ring (bicyclic) bond motifs is 3. The lowest BCUT2D eigenvalue weighted by Gasteiger charge is -2.34. The third-order valence-corrected chi connectivity index (χ3v) is 3.37. The molecule has 2 heteroatoms. The number of nitrogens with one attached hydrogen (secondary N) is 1. The SMILES string of the molecule is Cc1ccc2c(c1)NCC1CCCN21. The summed E-state index contributed by atoms with van der Waals surface area (Å²) in [5.74, 6) is 0. The van der Waals surface area contributed by atoms with Crippen molar-refractivity contribution in [2.24, 2.45) is 0 Å². The minimum Gasteiger partial charge on any atom is -0.381 e. The molecule has 0 aliphatic carbocycles. The van der Waals surface area contributed by atoms with Crippen molar-refractivity contribution in [2.45, 2.75) is 25.8 Å². The van der Waals surface area contributed by atoms with Crippen LogP contribution in [0.5, 0.6) is 0 Å². The van der Waals surface area contributed by atoms with E-state index in [1.165, 1.54) is 36.3 Å². The minimum atomic E-state index is 0.741. The highest BCUT2D eigenvalue weighted by Gasteiger charge is 2.29.